The van der Waals surface area contributed by atoms with Crippen molar-refractivity contribution in [1.82, 2.24) is 19.4 Å². The van der Waals surface area contributed by atoms with E-state index >= 15 is 0 Å². The normalized spacial score (nSPS) is 18.7. The number of aliphatic hydroxyl groups excluding tert-OH is 1. The summed E-state index contributed by atoms with van der Waals surface area (Å²) in [5.41, 5.74) is 2.32. The van der Waals surface area contributed by atoms with Gasteiger partial charge in [-0.2, -0.15) is 0 Å². The maximum atomic E-state index is 13.1. The molecular weight excluding hydrogens is 380 g/mol. The Morgan fingerprint density at radius 2 is 1.83 bits per heavy atom. The van der Waals surface area contributed by atoms with E-state index in [1.54, 1.807) is 30.7 Å². The molecular formula is C23H24N4O3. The van der Waals surface area contributed by atoms with Gasteiger partial charge in [0.1, 0.15) is 5.76 Å². The monoisotopic (exact) mass is 404 g/mol. The number of hydrogen-bond acceptors (Lipinski definition) is 5. The van der Waals surface area contributed by atoms with Crippen molar-refractivity contribution in [1.29, 1.82) is 0 Å². The maximum absolute atomic E-state index is 13.1. The molecule has 1 saturated heterocycles. The fourth-order valence-electron chi connectivity index (χ4n) is 3.99. The molecule has 0 bridgehead atoms. The minimum Gasteiger partial charge on any atom is -0.507 e. The third-order valence-corrected chi connectivity index (χ3v) is 5.50. The number of amides is 1. The summed E-state index contributed by atoms with van der Waals surface area (Å²) in [4.78, 5) is 33.5. The second kappa shape index (κ2) is 7.76. The highest BCUT2D eigenvalue weighted by molar-refractivity contribution is 6.46. The lowest BCUT2D eigenvalue weighted by molar-refractivity contribution is -0.140. The van der Waals surface area contributed by atoms with Gasteiger partial charge >= 0.3 is 0 Å². The molecule has 7 heteroatoms. The molecule has 7 nitrogen and oxygen atoms in total. The Morgan fingerprint density at radius 3 is 2.53 bits per heavy atom. The second-order valence-corrected chi connectivity index (χ2v) is 7.75. The Morgan fingerprint density at radius 1 is 1.13 bits per heavy atom. The first-order valence-electron chi connectivity index (χ1n) is 9.77. The molecule has 0 unspecified atom stereocenters. The molecule has 0 saturated carbocycles. The Balaban J connectivity index is 1.91. The fraction of sp³-hybridized carbons (Fsp3) is 0.261. The summed E-state index contributed by atoms with van der Waals surface area (Å²) in [6.45, 7) is 0.972. The molecule has 30 heavy (non-hydrogen) atoms. The van der Waals surface area contributed by atoms with Crippen molar-refractivity contribution in [3.8, 4) is 0 Å². The van der Waals surface area contributed by atoms with Gasteiger partial charge in [-0.25, -0.2) is 0 Å². The standard InChI is InChI=1S/C23H24N4O3/c1-25(2)12-13-27-20(15-8-10-24-11-9-15)19(22(29)23(27)30)21(28)17-14-26(3)18-7-5-4-6-16(17)18/h4-11,14,20,28H,12-13H2,1-3H3/b21-19+/t20-/m1/s1. The molecule has 0 spiro atoms. The Kier molecular flexibility index (Phi) is 5.13. The summed E-state index contributed by atoms with van der Waals surface area (Å²) < 4.78 is 1.90. The average Bonchev–Trinajstić information content (AvgIpc) is 3.21. The number of aryl methyl sites for hydroxylation is 1. The molecule has 2 aromatic heterocycles. The Hall–Kier alpha value is -3.45. The Bertz CT molecular complexity index is 1150. The zero-order valence-corrected chi connectivity index (χ0v) is 17.2. The molecule has 154 valence electrons. The average molecular weight is 404 g/mol. The topological polar surface area (TPSA) is 78.7 Å². The van der Waals surface area contributed by atoms with Crippen molar-refractivity contribution in [2.24, 2.45) is 7.05 Å². The summed E-state index contributed by atoms with van der Waals surface area (Å²) in [5.74, 6) is -1.42. The molecule has 1 fully saturated rings. The van der Waals surface area contributed by atoms with Crippen LogP contribution in [0.3, 0.4) is 0 Å². The molecule has 1 aromatic carbocycles. The van der Waals surface area contributed by atoms with Gasteiger partial charge in [0, 0.05) is 55.2 Å². The molecule has 1 aliphatic rings. The van der Waals surface area contributed by atoms with Gasteiger partial charge in [-0.15, -0.1) is 0 Å². The molecule has 1 amide bonds. The van der Waals surface area contributed by atoms with E-state index in [9.17, 15) is 14.7 Å². The van der Waals surface area contributed by atoms with Crippen molar-refractivity contribution >= 4 is 28.4 Å². The van der Waals surface area contributed by atoms with Gasteiger partial charge in [0.25, 0.3) is 11.7 Å². The minimum atomic E-state index is -0.666. The molecule has 3 aromatic rings. The lowest BCUT2D eigenvalue weighted by Gasteiger charge is -2.26. The van der Waals surface area contributed by atoms with E-state index < -0.39 is 17.7 Å². The first kappa shape index (κ1) is 19.8. The number of fused-ring (bicyclic) bond motifs is 1. The van der Waals surface area contributed by atoms with E-state index in [1.807, 2.05) is 54.9 Å². The van der Waals surface area contributed by atoms with E-state index in [1.165, 1.54) is 4.90 Å². The zero-order valence-electron chi connectivity index (χ0n) is 17.2. The van der Waals surface area contributed by atoms with Crippen LogP contribution in [0.4, 0.5) is 0 Å². The third-order valence-electron chi connectivity index (χ3n) is 5.50. The SMILES string of the molecule is CN(C)CCN1C(=O)C(=O)/C(=C(/O)c2cn(C)c3ccccc23)[C@H]1c1ccncc1. The molecule has 0 radical (unpaired) electrons. The number of Topliss-reactive ketones (excluding diaryl/α,β-unsaturated/α-hetero) is 1. The van der Waals surface area contributed by atoms with Gasteiger partial charge < -0.3 is 19.5 Å². The van der Waals surface area contributed by atoms with Crippen molar-refractivity contribution in [3.63, 3.8) is 0 Å². The predicted molar refractivity (Wildman–Crippen MR) is 115 cm³/mol. The summed E-state index contributed by atoms with van der Waals surface area (Å²) in [5, 5.41) is 12.1. The third kappa shape index (κ3) is 3.27. The van der Waals surface area contributed by atoms with Crippen LogP contribution >= 0.6 is 0 Å². The fourth-order valence-corrected chi connectivity index (χ4v) is 3.99. The number of nitrogens with zero attached hydrogens (tertiary/aromatic N) is 4. The van der Waals surface area contributed by atoms with Crippen LogP contribution in [-0.2, 0) is 16.6 Å². The zero-order chi connectivity index (χ0) is 21.4. The van der Waals surface area contributed by atoms with Crippen molar-refractivity contribution in [3.05, 3.63) is 71.7 Å². The number of benzene rings is 1. The van der Waals surface area contributed by atoms with Gasteiger partial charge in [0.2, 0.25) is 0 Å². The van der Waals surface area contributed by atoms with Gasteiger partial charge in [0.05, 0.1) is 11.6 Å². The van der Waals surface area contributed by atoms with Crippen molar-refractivity contribution in [2.45, 2.75) is 6.04 Å². The van der Waals surface area contributed by atoms with E-state index in [2.05, 4.69) is 4.98 Å². The highest BCUT2D eigenvalue weighted by Crippen LogP contribution is 2.40. The van der Waals surface area contributed by atoms with E-state index in [0.29, 0.717) is 18.7 Å². The first-order valence-corrected chi connectivity index (χ1v) is 9.77. The highest BCUT2D eigenvalue weighted by atomic mass is 16.3. The van der Waals surface area contributed by atoms with Crippen LogP contribution in [0.2, 0.25) is 0 Å². The summed E-state index contributed by atoms with van der Waals surface area (Å²) in [6, 6.07) is 10.5. The van der Waals surface area contributed by atoms with Crippen LogP contribution in [0.25, 0.3) is 16.7 Å². The largest absolute Gasteiger partial charge is 0.507 e. The van der Waals surface area contributed by atoms with E-state index in [0.717, 1.165) is 16.5 Å². The number of carbonyl (C=O) groups is 2. The highest BCUT2D eigenvalue weighted by Gasteiger charge is 2.46. The molecule has 3 heterocycles. The number of hydrogen-bond donors (Lipinski definition) is 1. The number of likely N-dealkylation sites (tertiary alicyclic amines) is 1. The summed E-state index contributed by atoms with van der Waals surface area (Å²) in [7, 11) is 5.71. The number of ketones is 1. The van der Waals surface area contributed by atoms with Crippen LogP contribution in [0.5, 0.6) is 0 Å². The molecule has 4 rings (SSSR count). The van der Waals surface area contributed by atoms with Crippen LogP contribution in [0.15, 0.2) is 60.6 Å². The predicted octanol–water partition coefficient (Wildman–Crippen LogP) is 2.56. The quantitative estimate of drug-likeness (QED) is 0.402. The van der Waals surface area contributed by atoms with Crippen LogP contribution in [0, 0.1) is 0 Å². The van der Waals surface area contributed by atoms with E-state index in [-0.39, 0.29) is 11.3 Å². The number of likely N-dealkylation sites (N-methyl/N-ethyl adjacent to an activating group) is 1. The number of aromatic nitrogens is 2. The number of pyridine rings is 1. The maximum Gasteiger partial charge on any atom is 0.295 e. The number of rotatable bonds is 5. The summed E-state index contributed by atoms with van der Waals surface area (Å²) >= 11 is 0. The molecule has 1 N–H and O–H groups in total. The Labute approximate surface area is 174 Å². The van der Waals surface area contributed by atoms with Crippen molar-refractivity contribution in [2.75, 3.05) is 27.2 Å². The molecule has 0 aliphatic carbocycles. The van der Waals surface area contributed by atoms with E-state index in [4.69, 9.17) is 0 Å². The number of para-hydroxylation sites is 1. The van der Waals surface area contributed by atoms with Gasteiger partial charge in [-0.1, -0.05) is 18.2 Å². The smallest absolute Gasteiger partial charge is 0.295 e. The van der Waals surface area contributed by atoms with Gasteiger partial charge in [-0.3, -0.25) is 14.6 Å². The number of carbonyl (C=O) groups excluding carboxylic acids is 2. The van der Waals surface area contributed by atoms with Gasteiger partial charge in [0.15, 0.2) is 0 Å². The lowest BCUT2D eigenvalue weighted by atomic mass is 9.96. The van der Waals surface area contributed by atoms with Crippen LogP contribution in [-0.4, -0.2) is 63.3 Å². The summed E-state index contributed by atoms with van der Waals surface area (Å²) in [6.07, 6.45) is 5.04. The van der Waals surface area contributed by atoms with Crippen LogP contribution < -0.4 is 0 Å². The van der Waals surface area contributed by atoms with Gasteiger partial charge in [-0.05, 0) is 37.9 Å². The van der Waals surface area contributed by atoms with Crippen LogP contribution in [0.1, 0.15) is 17.2 Å². The molecule has 1 atom stereocenters. The molecule has 1 aliphatic heterocycles. The minimum absolute atomic E-state index is 0.112. The lowest BCUT2D eigenvalue weighted by Crippen LogP contribution is -2.35. The second-order valence-electron chi connectivity index (χ2n) is 7.75. The number of aliphatic hydroxyl groups is 1. The van der Waals surface area contributed by atoms with Crippen molar-refractivity contribution < 1.29 is 14.7 Å². The first-order chi connectivity index (χ1) is 14.4.